The first-order valence-electron chi connectivity index (χ1n) is 6.48. The maximum atomic E-state index is 12.1. The Bertz CT molecular complexity index is 620. The Balaban J connectivity index is 0.00000242. The van der Waals surface area contributed by atoms with Gasteiger partial charge in [0.2, 0.25) is 5.91 Å². The van der Waals surface area contributed by atoms with Gasteiger partial charge in [-0.2, -0.15) is 0 Å². The predicted molar refractivity (Wildman–Crippen MR) is 85.6 cm³/mol. The molecule has 0 fully saturated rings. The van der Waals surface area contributed by atoms with Crippen molar-refractivity contribution in [2.24, 2.45) is 5.73 Å². The van der Waals surface area contributed by atoms with Crippen molar-refractivity contribution in [3.63, 3.8) is 0 Å². The number of carboxylic acid groups (broad SMARTS) is 1. The minimum atomic E-state index is -1.13. The Morgan fingerprint density at radius 2 is 1.36 bits per heavy atom. The molecule has 2 rings (SSSR count). The van der Waals surface area contributed by atoms with Crippen LogP contribution >= 0.6 is 12.4 Å². The highest BCUT2D eigenvalue weighted by molar-refractivity contribution is 5.88. The van der Waals surface area contributed by atoms with Crippen LogP contribution in [-0.4, -0.2) is 17.0 Å². The lowest BCUT2D eigenvalue weighted by molar-refractivity contribution is -0.142. The van der Waals surface area contributed by atoms with E-state index in [1.54, 1.807) is 54.6 Å². The van der Waals surface area contributed by atoms with Gasteiger partial charge in [0.05, 0.1) is 0 Å². The molecule has 22 heavy (non-hydrogen) atoms. The second kappa shape index (κ2) is 8.17. The Kier molecular flexibility index (Phi) is 6.56. The predicted octanol–water partition coefficient (Wildman–Crippen LogP) is 2.05. The van der Waals surface area contributed by atoms with E-state index in [2.05, 4.69) is 5.32 Å². The molecule has 0 spiro atoms. The molecule has 4 N–H and O–H groups in total. The summed E-state index contributed by atoms with van der Waals surface area (Å²) in [5, 5.41) is 11.7. The average molecular weight is 321 g/mol. The number of aliphatic carboxylic acids is 1. The minimum Gasteiger partial charge on any atom is -0.479 e. The highest BCUT2D eigenvalue weighted by Crippen LogP contribution is 2.15. The number of carbonyl (C=O) groups is 2. The van der Waals surface area contributed by atoms with Gasteiger partial charge in [0, 0.05) is 0 Å². The maximum Gasteiger partial charge on any atom is 0.330 e. The zero-order chi connectivity index (χ0) is 15.2. The van der Waals surface area contributed by atoms with Gasteiger partial charge in [0.25, 0.3) is 0 Å². The molecule has 2 aromatic rings. The van der Waals surface area contributed by atoms with Gasteiger partial charge in [-0.05, 0) is 11.1 Å². The summed E-state index contributed by atoms with van der Waals surface area (Å²) in [6.45, 7) is 0. The molecule has 116 valence electrons. The number of rotatable bonds is 5. The normalized spacial score (nSPS) is 12.6. The van der Waals surface area contributed by atoms with Crippen molar-refractivity contribution in [1.29, 1.82) is 0 Å². The van der Waals surface area contributed by atoms with Crippen molar-refractivity contribution < 1.29 is 14.7 Å². The Morgan fingerprint density at radius 1 is 0.909 bits per heavy atom. The Morgan fingerprint density at radius 3 is 1.82 bits per heavy atom. The quantitative estimate of drug-likeness (QED) is 0.786. The molecule has 0 heterocycles. The van der Waals surface area contributed by atoms with Crippen molar-refractivity contribution in [2.75, 3.05) is 0 Å². The lowest BCUT2D eigenvalue weighted by Gasteiger charge is -2.18. The van der Waals surface area contributed by atoms with Crippen LogP contribution in [0.1, 0.15) is 23.2 Å². The van der Waals surface area contributed by atoms with Crippen LogP contribution in [0.2, 0.25) is 0 Å². The molecule has 2 atom stereocenters. The van der Waals surface area contributed by atoms with E-state index in [0.717, 1.165) is 0 Å². The van der Waals surface area contributed by atoms with E-state index in [0.29, 0.717) is 11.1 Å². The van der Waals surface area contributed by atoms with Gasteiger partial charge in [0.1, 0.15) is 6.04 Å². The fraction of sp³-hybridized carbons (Fsp3) is 0.125. The summed E-state index contributed by atoms with van der Waals surface area (Å²) >= 11 is 0. The average Bonchev–Trinajstić information content (AvgIpc) is 2.53. The number of carboxylic acids is 1. The molecular formula is C16H17ClN2O3. The van der Waals surface area contributed by atoms with Gasteiger partial charge in [-0.15, -0.1) is 12.4 Å². The summed E-state index contributed by atoms with van der Waals surface area (Å²) in [6.07, 6.45) is 0. The first kappa shape index (κ1) is 17.7. The van der Waals surface area contributed by atoms with E-state index in [9.17, 15) is 14.7 Å². The zero-order valence-corrected chi connectivity index (χ0v) is 12.5. The van der Waals surface area contributed by atoms with E-state index in [1.807, 2.05) is 6.07 Å². The summed E-state index contributed by atoms with van der Waals surface area (Å²) in [4.78, 5) is 23.5. The molecule has 0 aromatic heterocycles. The third-order valence-electron chi connectivity index (χ3n) is 3.11. The second-order valence-electron chi connectivity index (χ2n) is 4.58. The molecule has 0 aliphatic rings. The fourth-order valence-corrected chi connectivity index (χ4v) is 1.98. The van der Waals surface area contributed by atoms with E-state index in [1.165, 1.54) is 0 Å². The summed E-state index contributed by atoms with van der Waals surface area (Å²) in [5.74, 6) is -1.66. The van der Waals surface area contributed by atoms with E-state index in [-0.39, 0.29) is 12.4 Å². The fourth-order valence-electron chi connectivity index (χ4n) is 1.98. The molecule has 0 saturated carbocycles. The van der Waals surface area contributed by atoms with Crippen LogP contribution in [-0.2, 0) is 9.59 Å². The van der Waals surface area contributed by atoms with Crippen LogP contribution in [0.3, 0.4) is 0 Å². The van der Waals surface area contributed by atoms with Gasteiger partial charge < -0.3 is 16.2 Å². The molecule has 6 heteroatoms. The van der Waals surface area contributed by atoms with Crippen LogP contribution in [0.5, 0.6) is 0 Å². The topological polar surface area (TPSA) is 92.4 Å². The van der Waals surface area contributed by atoms with E-state index in [4.69, 9.17) is 5.73 Å². The zero-order valence-electron chi connectivity index (χ0n) is 11.7. The lowest BCUT2D eigenvalue weighted by Crippen LogP contribution is -2.39. The number of hydrogen-bond acceptors (Lipinski definition) is 3. The standard InChI is InChI=1S/C16H16N2O3.ClH/c17-13(11-7-3-1-4-8-11)15(19)18-14(16(20)21)12-9-5-2-6-10-12;/h1-10,13-14H,17H2,(H,18,19)(H,20,21);1H/t13-,14-;/m0./s1. The molecule has 0 unspecified atom stereocenters. The van der Waals surface area contributed by atoms with Crippen LogP contribution in [0, 0.1) is 0 Å². The van der Waals surface area contributed by atoms with E-state index < -0.39 is 24.0 Å². The molecular weight excluding hydrogens is 304 g/mol. The molecule has 5 nitrogen and oxygen atoms in total. The first-order chi connectivity index (χ1) is 10.1. The SMILES string of the molecule is Cl.N[C@H](C(=O)N[C@H](C(=O)O)c1ccccc1)c1ccccc1. The van der Waals surface area contributed by atoms with Crippen molar-refractivity contribution in [3.8, 4) is 0 Å². The van der Waals surface area contributed by atoms with Gasteiger partial charge in [-0.1, -0.05) is 60.7 Å². The summed E-state index contributed by atoms with van der Waals surface area (Å²) in [5.41, 5.74) is 6.99. The van der Waals surface area contributed by atoms with Gasteiger partial charge >= 0.3 is 5.97 Å². The minimum absolute atomic E-state index is 0. The van der Waals surface area contributed by atoms with Crippen molar-refractivity contribution in [2.45, 2.75) is 12.1 Å². The van der Waals surface area contributed by atoms with Gasteiger partial charge in [-0.25, -0.2) is 4.79 Å². The van der Waals surface area contributed by atoms with Crippen molar-refractivity contribution in [3.05, 3.63) is 71.8 Å². The maximum absolute atomic E-state index is 12.1. The number of carbonyl (C=O) groups excluding carboxylic acids is 1. The highest BCUT2D eigenvalue weighted by Gasteiger charge is 2.25. The smallest absolute Gasteiger partial charge is 0.330 e. The number of hydrogen-bond donors (Lipinski definition) is 3. The van der Waals surface area contributed by atoms with Crippen LogP contribution in [0.4, 0.5) is 0 Å². The Labute approximate surface area is 134 Å². The molecule has 0 bridgehead atoms. The highest BCUT2D eigenvalue weighted by atomic mass is 35.5. The van der Waals surface area contributed by atoms with Crippen molar-refractivity contribution >= 4 is 24.3 Å². The number of halogens is 1. The monoisotopic (exact) mass is 320 g/mol. The first-order valence-corrected chi connectivity index (χ1v) is 6.48. The number of benzene rings is 2. The third kappa shape index (κ3) is 4.31. The molecule has 0 aliphatic carbocycles. The molecule has 0 radical (unpaired) electrons. The van der Waals surface area contributed by atoms with Crippen LogP contribution in [0.25, 0.3) is 0 Å². The molecule has 2 aromatic carbocycles. The van der Waals surface area contributed by atoms with Gasteiger partial charge in [-0.3, -0.25) is 4.79 Å². The van der Waals surface area contributed by atoms with Crippen LogP contribution in [0.15, 0.2) is 60.7 Å². The summed E-state index contributed by atoms with van der Waals surface area (Å²) < 4.78 is 0. The third-order valence-corrected chi connectivity index (χ3v) is 3.11. The van der Waals surface area contributed by atoms with Crippen LogP contribution < -0.4 is 11.1 Å². The molecule has 1 amide bonds. The second-order valence-corrected chi connectivity index (χ2v) is 4.58. The lowest BCUT2D eigenvalue weighted by atomic mass is 10.0. The largest absolute Gasteiger partial charge is 0.479 e. The Hall–Kier alpha value is -2.37. The van der Waals surface area contributed by atoms with Crippen molar-refractivity contribution in [1.82, 2.24) is 5.32 Å². The molecule has 0 aliphatic heterocycles. The van der Waals surface area contributed by atoms with E-state index >= 15 is 0 Å². The molecule has 0 saturated heterocycles. The van der Waals surface area contributed by atoms with Gasteiger partial charge in [0.15, 0.2) is 6.04 Å². The summed E-state index contributed by atoms with van der Waals surface area (Å²) in [7, 11) is 0. The number of nitrogens with two attached hydrogens (primary N) is 1. The number of nitrogens with one attached hydrogen (secondary N) is 1. The number of amides is 1. The summed E-state index contributed by atoms with van der Waals surface area (Å²) in [6, 6.07) is 15.3.